The second-order valence-corrected chi connectivity index (χ2v) is 8.17. The van der Waals surface area contributed by atoms with Crippen LogP contribution in [0.4, 0.5) is 0 Å². The predicted octanol–water partition coefficient (Wildman–Crippen LogP) is 2.98. The number of nitrogens with zero attached hydrogens (tertiary/aromatic N) is 3. The van der Waals surface area contributed by atoms with E-state index in [-0.39, 0.29) is 12.0 Å². The molecule has 4 aromatic rings. The Labute approximate surface area is 207 Å². The number of hydrogen-bond donors (Lipinski definition) is 2. The van der Waals surface area contributed by atoms with Crippen LogP contribution >= 0.6 is 0 Å². The van der Waals surface area contributed by atoms with Gasteiger partial charge in [-0.3, -0.25) is 9.59 Å². The van der Waals surface area contributed by atoms with Crippen LogP contribution in [0.15, 0.2) is 104 Å². The van der Waals surface area contributed by atoms with Crippen molar-refractivity contribution in [2.75, 3.05) is 0 Å². The lowest BCUT2D eigenvalue weighted by atomic mass is 9.97. The second-order valence-electron chi connectivity index (χ2n) is 8.17. The Morgan fingerprint density at radius 1 is 0.944 bits per heavy atom. The molecule has 2 amide bonds. The second kappa shape index (κ2) is 9.75. The Hall–Kier alpha value is -4.92. The number of rotatable bonds is 8. The van der Waals surface area contributed by atoms with Crippen molar-refractivity contribution >= 4 is 11.8 Å². The zero-order valence-corrected chi connectivity index (χ0v) is 19.2. The number of carbonyl (C=O) groups excluding carboxylic acids is 2. The lowest BCUT2D eigenvalue weighted by Crippen LogP contribution is -2.61. The summed E-state index contributed by atoms with van der Waals surface area (Å²) >= 11 is 0. The van der Waals surface area contributed by atoms with Crippen LogP contribution in [0, 0.1) is 0 Å². The smallest absolute Gasteiger partial charge is 0.352 e. The fraction of sp³-hybridized carbons (Fsp3) is 0.111. The van der Waals surface area contributed by atoms with Gasteiger partial charge in [-0.2, -0.15) is 5.10 Å². The first-order valence-electron chi connectivity index (χ1n) is 11.3. The molecule has 0 bridgehead atoms. The van der Waals surface area contributed by atoms with E-state index in [4.69, 9.17) is 15.2 Å². The van der Waals surface area contributed by atoms with E-state index in [1.807, 2.05) is 60.7 Å². The average Bonchev–Trinajstić information content (AvgIpc) is 3.61. The van der Waals surface area contributed by atoms with E-state index in [1.165, 1.54) is 17.2 Å². The zero-order chi connectivity index (χ0) is 25.0. The molecule has 0 saturated carbocycles. The minimum absolute atomic E-state index is 0.229. The van der Waals surface area contributed by atoms with Gasteiger partial charge in [-0.05, 0) is 23.3 Å². The van der Waals surface area contributed by atoms with Crippen molar-refractivity contribution in [2.45, 2.75) is 18.2 Å². The summed E-state index contributed by atoms with van der Waals surface area (Å²) < 4.78 is 12.6. The first-order valence-corrected chi connectivity index (χ1v) is 11.3. The zero-order valence-electron chi connectivity index (χ0n) is 19.2. The van der Waals surface area contributed by atoms with E-state index in [0.29, 0.717) is 5.82 Å². The van der Waals surface area contributed by atoms with Crippen molar-refractivity contribution in [1.82, 2.24) is 20.1 Å². The van der Waals surface area contributed by atoms with Gasteiger partial charge in [0.25, 0.3) is 5.91 Å². The minimum Gasteiger partial charge on any atom is -0.447 e. The summed E-state index contributed by atoms with van der Waals surface area (Å²) in [6.45, 7) is 0. The summed E-state index contributed by atoms with van der Waals surface area (Å²) in [5.74, 6) is -2.91. The van der Waals surface area contributed by atoms with E-state index in [9.17, 15) is 9.59 Å². The van der Waals surface area contributed by atoms with E-state index >= 15 is 0 Å². The largest absolute Gasteiger partial charge is 0.447 e. The number of primary amides is 1. The van der Waals surface area contributed by atoms with E-state index in [2.05, 4.69) is 15.4 Å². The fourth-order valence-electron chi connectivity index (χ4n) is 4.08. The normalized spacial score (nSPS) is 14.4. The predicted molar refractivity (Wildman–Crippen MR) is 131 cm³/mol. The lowest BCUT2D eigenvalue weighted by molar-refractivity contribution is -0.182. The summed E-state index contributed by atoms with van der Waals surface area (Å²) in [6.07, 6.45) is 7.78. The van der Waals surface area contributed by atoms with Gasteiger partial charge in [-0.1, -0.05) is 60.7 Å². The number of aromatic nitrogens is 3. The molecule has 0 fully saturated rings. The van der Waals surface area contributed by atoms with Crippen molar-refractivity contribution in [3.8, 4) is 16.9 Å². The summed E-state index contributed by atoms with van der Waals surface area (Å²) in [7, 11) is 0. The highest BCUT2D eigenvalue weighted by Gasteiger charge is 2.51. The van der Waals surface area contributed by atoms with Gasteiger partial charge in [0.2, 0.25) is 0 Å². The maximum Gasteiger partial charge on any atom is 0.352 e. The van der Waals surface area contributed by atoms with Crippen LogP contribution < -0.4 is 11.1 Å². The van der Waals surface area contributed by atoms with Gasteiger partial charge in [-0.15, -0.1) is 0 Å². The Kier molecular flexibility index (Phi) is 6.19. The summed E-state index contributed by atoms with van der Waals surface area (Å²) in [6, 6.07) is 21.5. The van der Waals surface area contributed by atoms with Gasteiger partial charge >= 0.3 is 11.7 Å². The Morgan fingerprint density at radius 2 is 1.64 bits per heavy atom. The van der Waals surface area contributed by atoms with Crippen molar-refractivity contribution in [2.24, 2.45) is 5.73 Å². The molecule has 9 heteroatoms. The molecule has 1 aliphatic heterocycles. The molecular formula is C27H23N5O4. The molecule has 36 heavy (non-hydrogen) atoms. The molecule has 180 valence electrons. The number of amides is 2. The first kappa shape index (κ1) is 22.9. The summed E-state index contributed by atoms with van der Waals surface area (Å²) in [5.41, 5.74) is 8.64. The first-order chi connectivity index (χ1) is 17.6. The highest BCUT2D eigenvalue weighted by Crippen LogP contribution is 2.28. The molecule has 1 atom stereocenters. The Bertz CT molecular complexity index is 1390. The third-order valence-electron chi connectivity index (χ3n) is 5.87. The van der Waals surface area contributed by atoms with Gasteiger partial charge in [0.1, 0.15) is 18.6 Å². The third-order valence-corrected chi connectivity index (χ3v) is 5.87. The molecule has 0 spiro atoms. The Balaban J connectivity index is 1.46. The molecule has 3 N–H and O–H groups in total. The van der Waals surface area contributed by atoms with Crippen LogP contribution in [0.5, 0.6) is 0 Å². The molecular weight excluding hydrogens is 458 g/mol. The van der Waals surface area contributed by atoms with Gasteiger partial charge < -0.3 is 20.5 Å². The quantitative estimate of drug-likeness (QED) is 0.399. The Morgan fingerprint density at radius 3 is 2.33 bits per heavy atom. The maximum atomic E-state index is 13.6. The van der Waals surface area contributed by atoms with Crippen LogP contribution in [0.1, 0.15) is 15.9 Å². The molecule has 1 unspecified atom stereocenters. The van der Waals surface area contributed by atoms with Crippen molar-refractivity contribution < 1.29 is 19.1 Å². The molecule has 2 aromatic carbocycles. The highest BCUT2D eigenvalue weighted by molar-refractivity contribution is 5.98. The van der Waals surface area contributed by atoms with E-state index < -0.39 is 23.6 Å². The van der Waals surface area contributed by atoms with Crippen LogP contribution in [0.3, 0.4) is 0 Å². The molecule has 3 heterocycles. The fourth-order valence-corrected chi connectivity index (χ4v) is 4.08. The van der Waals surface area contributed by atoms with Crippen LogP contribution in [0.25, 0.3) is 16.9 Å². The summed E-state index contributed by atoms with van der Waals surface area (Å²) in [5, 5.41) is 7.30. The number of hydrogen-bond acceptors (Lipinski definition) is 6. The monoisotopic (exact) mass is 481 g/mol. The van der Waals surface area contributed by atoms with Crippen LogP contribution in [-0.4, -0.2) is 38.4 Å². The molecule has 2 aromatic heterocycles. The number of carbonyl (C=O) groups is 2. The SMILES string of the molecule is NC(=O)C1(C(Cc2ccccc2)NC(=O)c2cccnc2-n2cc(-c3ccccc3)cn2)OC=CO1. The van der Waals surface area contributed by atoms with Gasteiger partial charge in [0.15, 0.2) is 5.82 Å². The van der Waals surface area contributed by atoms with Gasteiger partial charge in [0.05, 0.1) is 11.8 Å². The third kappa shape index (κ3) is 4.41. The number of benzene rings is 2. The van der Waals surface area contributed by atoms with Crippen molar-refractivity contribution in [3.63, 3.8) is 0 Å². The number of nitrogens with one attached hydrogen (secondary N) is 1. The van der Waals surface area contributed by atoms with Gasteiger partial charge in [-0.25, -0.2) is 9.67 Å². The maximum absolute atomic E-state index is 13.6. The number of pyridine rings is 1. The molecule has 9 nitrogen and oxygen atoms in total. The highest BCUT2D eigenvalue weighted by atomic mass is 16.7. The molecule has 0 saturated heterocycles. The summed E-state index contributed by atoms with van der Waals surface area (Å²) in [4.78, 5) is 30.4. The molecule has 0 aliphatic carbocycles. The molecule has 0 radical (unpaired) electrons. The molecule has 5 rings (SSSR count). The lowest BCUT2D eigenvalue weighted by Gasteiger charge is -2.33. The van der Waals surface area contributed by atoms with Gasteiger partial charge in [0, 0.05) is 24.4 Å². The number of ether oxygens (including phenoxy) is 2. The standard InChI is InChI=1S/C27H23N5O4/c28-26(34)27(35-14-15-36-27)23(16-19-8-3-1-4-9-19)31-25(33)22-12-7-13-29-24(22)32-18-21(17-30-32)20-10-5-2-6-11-20/h1-15,17-18,23H,16H2,(H2,28,34)(H,31,33). The van der Waals surface area contributed by atoms with Crippen molar-refractivity contribution in [1.29, 1.82) is 0 Å². The minimum atomic E-state index is -1.89. The van der Waals surface area contributed by atoms with E-state index in [1.54, 1.807) is 30.7 Å². The molecule has 1 aliphatic rings. The number of nitrogens with two attached hydrogens (primary N) is 1. The van der Waals surface area contributed by atoms with Crippen molar-refractivity contribution in [3.05, 3.63) is 115 Å². The topological polar surface area (TPSA) is 121 Å². The van der Waals surface area contributed by atoms with Crippen LogP contribution in [0.2, 0.25) is 0 Å². The average molecular weight is 482 g/mol. The van der Waals surface area contributed by atoms with Crippen LogP contribution in [-0.2, 0) is 20.7 Å². The van der Waals surface area contributed by atoms with E-state index in [0.717, 1.165) is 16.7 Å².